The van der Waals surface area contributed by atoms with Crippen LogP contribution < -0.4 is 5.32 Å². The number of nitrogens with zero attached hydrogens (tertiary/aromatic N) is 1. The Kier molecular flexibility index (Phi) is 5.12. The minimum Gasteiger partial charge on any atom is -0.452 e. The second kappa shape index (κ2) is 7.51. The summed E-state index contributed by atoms with van der Waals surface area (Å²) in [7, 11) is 0. The molecule has 144 valence electrons. The summed E-state index contributed by atoms with van der Waals surface area (Å²) in [5, 5.41) is 14.4. The molecular weight excluding hydrogens is 362 g/mol. The van der Waals surface area contributed by atoms with E-state index in [-0.39, 0.29) is 11.4 Å². The van der Waals surface area contributed by atoms with E-state index in [4.69, 9.17) is 4.74 Å². The Morgan fingerprint density at radius 3 is 2.61 bits per heavy atom. The summed E-state index contributed by atoms with van der Waals surface area (Å²) in [6.07, 6.45) is 0. The number of fused-ring (bicyclic) bond motifs is 1. The SMILES string of the molecule is Cc1ccc(NC(=O)COC(=O)c2ccc3[nH]c(C)c(C)c3c2)cc1[N+](=O)[O-]. The third-order valence-electron chi connectivity index (χ3n) is 4.57. The minimum absolute atomic E-state index is 0.0970. The van der Waals surface area contributed by atoms with Gasteiger partial charge in [0, 0.05) is 33.9 Å². The molecule has 1 aromatic heterocycles. The lowest BCUT2D eigenvalue weighted by Crippen LogP contribution is -2.21. The molecular formula is C20H19N3O5. The molecule has 8 heteroatoms. The van der Waals surface area contributed by atoms with E-state index in [1.54, 1.807) is 31.2 Å². The molecule has 0 fully saturated rings. The van der Waals surface area contributed by atoms with Crippen molar-refractivity contribution in [3.05, 3.63) is 68.9 Å². The predicted octanol–water partition coefficient (Wildman–Crippen LogP) is 3.80. The fraction of sp³-hybridized carbons (Fsp3) is 0.200. The van der Waals surface area contributed by atoms with E-state index < -0.39 is 23.4 Å². The molecule has 0 spiro atoms. The highest BCUT2D eigenvalue weighted by Gasteiger charge is 2.15. The van der Waals surface area contributed by atoms with Crippen molar-refractivity contribution < 1.29 is 19.2 Å². The molecule has 2 N–H and O–H groups in total. The lowest BCUT2D eigenvalue weighted by atomic mass is 10.1. The van der Waals surface area contributed by atoms with Crippen LogP contribution >= 0.6 is 0 Å². The zero-order valence-electron chi connectivity index (χ0n) is 15.7. The molecule has 0 aliphatic carbocycles. The van der Waals surface area contributed by atoms with Gasteiger partial charge >= 0.3 is 5.97 Å². The van der Waals surface area contributed by atoms with Gasteiger partial charge in [-0.2, -0.15) is 0 Å². The molecule has 2 aromatic carbocycles. The molecule has 0 unspecified atom stereocenters. The molecule has 0 aliphatic heterocycles. The van der Waals surface area contributed by atoms with Gasteiger partial charge in [-0.1, -0.05) is 6.07 Å². The zero-order chi connectivity index (χ0) is 20.4. The van der Waals surface area contributed by atoms with Crippen LogP contribution in [0.3, 0.4) is 0 Å². The maximum absolute atomic E-state index is 12.2. The largest absolute Gasteiger partial charge is 0.452 e. The van der Waals surface area contributed by atoms with Crippen molar-refractivity contribution in [2.75, 3.05) is 11.9 Å². The summed E-state index contributed by atoms with van der Waals surface area (Å²) < 4.78 is 5.06. The molecule has 1 heterocycles. The second-order valence-corrected chi connectivity index (χ2v) is 6.52. The highest BCUT2D eigenvalue weighted by Crippen LogP contribution is 2.23. The number of carbonyl (C=O) groups is 2. The van der Waals surface area contributed by atoms with Crippen LogP contribution in [0.4, 0.5) is 11.4 Å². The van der Waals surface area contributed by atoms with Gasteiger partial charge in [0.25, 0.3) is 11.6 Å². The first-order chi connectivity index (χ1) is 13.3. The van der Waals surface area contributed by atoms with Crippen LogP contribution in [0.2, 0.25) is 0 Å². The van der Waals surface area contributed by atoms with Gasteiger partial charge in [0.15, 0.2) is 6.61 Å². The molecule has 0 atom stereocenters. The van der Waals surface area contributed by atoms with Gasteiger partial charge in [-0.15, -0.1) is 0 Å². The molecule has 0 saturated heterocycles. The van der Waals surface area contributed by atoms with E-state index in [1.807, 2.05) is 13.8 Å². The van der Waals surface area contributed by atoms with Crippen LogP contribution in [0.15, 0.2) is 36.4 Å². The van der Waals surface area contributed by atoms with E-state index >= 15 is 0 Å². The summed E-state index contributed by atoms with van der Waals surface area (Å²) in [5.74, 6) is -1.20. The standard InChI is InChI=1S/C20H19N3O5/c1-11-4-6-15(9-18(11)23(26)27)22-19(24)10-28-20(25)14-5-7-17-16(8-14)12(2)13(3)21-17/h4-9,21H,10H2,1-3H3,(H,22,24). The van der Waals surface area contributed by atoms with Gasteiger partial charge in [0.1, 0.15) is 0 Å². The molecule has 0 bridgehead atoms. The molecule has 8 nitrogen and oxygen atoms in total. The molecule has 3 aromatic rings. The average molecular weight is 381 g/mol. The quantitative estimate of drug-likeness (QED) is 0.396. The first kappa shape index (κ1) is 19.1. The van der Waals surface area contributed by atoms with E-state index in [0.29, 0.717) is 11.1 Å². The highest BCUT2D eigenvalue weighted by molar-refractivity contribution is 5.98. The zero-order valence-corrected chi connectivity index (χ0v) is 15.7. The third kappa shape index (κ3) is 3.85. The summed E-state index contributed by atoms with van der Waals surface area (Å²) in [6.45, 7) is 5.02. The van der Waals surface area contributed by atoms with Crippen LogP contribution in [0.25, 0.3) is 10.9 Å². The number of nitrogens with one attached hydrogen (secondary N) is 2. The number of hydrogen-bond donors (Lipinski definition) is 2. The first-order valence-electron chi connectivity index (χ1n) is 8.57. The van der Waals surface area contributed by atoms with Crippen molar-refractivity contribution in [3.63, 3.8) is 0 Å². The molecule has 0 radical (unpaired) electrons. The van der Waals surface area contributed by atoms with Crippen molar-refractivity contribution in [1.82, 2.24) is 4.98 Å². The number of carbonyl (C=O) groups excluding carboxylic acids is 2. The van der Waals surface area contributed by atoms with Crippen LogP contribution in [0.1, 0.15) is 27.2 Å². The number of aromatic nitrogens is 1. The van der Waals surface area contributed by atoms with Gasteiger partial charge in [-0.25, -0.2) is 4.79 Å². The second-order valence-electron chi connectivity index (χ2n) is 6.52. The number of ether oxygens (including phenoxy) is 1. The van der Waals surface area contributed by atoms with E-state index in [9.17, 15) is 19.7 Å². The smallest absolute Gasteiger partial charge is 0.338 e. The lowest BCUT2D eigenvalue weighted by Gasteiger charge is -2.07. The number of rotatable bonds is 5. The fourth-order valence-corrected chi connectivity index (χ4v) is 2.88. The number of H-pyrrole nitrogens is 1. The lowest BCUT2D eigenvalue weighted by molar-refractivity contribution is -0.385. The summed E-state index contributed by atoms with van der Waals surface area (Å²) >= 11 is 0. The summed E-state index contributed by atoms with van der Waals surface area (Å²) in [4.78, 5) is 37.9. The summed E-state index contributed by atoms with van der Waals surface area (Å²) in [6, 6.07) is 9.49. The number of aryl methyl sites for hydroxylation is 3. The number of hydrogen-bond acceptors (Lipinski definition) is 5. The van der Waals surface area contributed by atoms with Crippen molar-refractivity contribution in [2.45, 2.75) is 20.8 Å². The predicted molar refractivity (Wildman–Crippen MR) is 105 cm³/mol. The average Bonchev–Trinajstić information content (AvgIpc) is 2.94. The van der Waals surface area contributed by atoms with E-state index in [1.165, 1.54) is 12.1 Å². The molecule has 3 rings (SSSR count). The van der Waals surface area contributed by atoms with Crippen LogP contribution in [-0.4, -0.2) is 28.4 Å². The monoisotopic (exact) mass is 381 g/mol. The van der Waals surface area contributed by atoms with Gasteiger partial charge in [0.05, 0.1) is 10.5 Å². The van der Waals surface area contributed by atoms with Crippen LogP contribution in [0.5, 0.6) is 0 Å². The molecule has 28 heavy (non-hydrogen) atoms. The van der Waals surface area contributed by atoms with E-state index in [2.05, 4.69) is 10.3 Å². The summed E-state index contributed by atoms with van der Waals surface area (Å²) in [5.41, 5.74) is 3.98. The molecule has 1 amide bonds. The van der Waals surface area contributed by atoms with Crippen molar-refractivity contribution in [2.24, 2.45) is 0 Å². The molecule has 0 aliphatic rings. The Morgan fingerprint density at radius 1 is 1.14 bits per heavy atom. The Labute approximate surface area is 160 Å². The number of aromatic amines is 1. The fourth-order valence-electron chi connectivity index (χ4n) is 2.88. The highest BCUT2D eigenvalue weighted by atomic mass is 16.6. The number of nitro groups is 1. The van der Waals surface area contributed by atoms with Gasteiger partial charge in [0.2, 0.25) is 0 Å². The third-order valence-corrected chi connectivity index (χ3v) is 4.57. The molecule has 0 saturated carbocycles. The van der Waals surface area contributed by atoms with Crippen molar-refractivity contribution in [1.29, 1.82) is 0 Å². The topological polar surface area (TPSA) is 114 Å². The Hall–Kier alpha value is -3.68. The van der Waals surface area contributed by atoms with Crippen molar-refractivity contribution >= 4 is 34.2 Å². The Bertz CT molecular complexity index is 1100. The first-order valence-corrected chi connectivity index (χ1v) is 8.57. The number of benzene rings is 2. The van der Waals surface area contributed by atoms with Gasteiger partial charge in [-0.3, -0.25) is 14.9 Å². The van der Waals surface area contributed by atoms with Crippen LogP contribution in [-0.2, 0) is 9.53 Å². The maximum Gasteiger partial charge on any atom is 0.338 e. The number of amides is 1. The normalized spacial score (nSPS) is 10.7. The number of anilines is 1. The van der Waals surface area contributed by atoms with Gasteiger partial charge in [-0.05, 0) is 50.6 Å². The van der Waals surface area contributed by atoms with Crippen molar-refractivity contribution in [3.8, 4) is 0 Å². The Balaban J connectivity index is 1.64. The number of nitro benzene ring substituents is 1. The minimum atomic E-state index is -0.620. The maximum atomic E-state index is 12.2. The van der Waals surface area contributed by atoms with E-state index in [0.717, 1.165) is 22.2 Å². The van der Waals surface area contributed by atoms with Gasteiger partial charge < -0.3 is 15.0 Å². The Morgan fingerprint density at radius 2 is 1.89 bits per heavy atom. The van der Waals surface area contributed by atoms with Crippen LogP contribution in [0, 0.1) is 30.9 Å². The number of esters is 1.